The highest BCUT2D eigenvalue weighted by Gasteiger charge is 2.31. The molecular formula is C23H21BrO4. The second kappa shape index (κ2) is 7.92. The van der Waals surface area contributed by atoms with E-state index in [0.717, 1.165) is 35.7 Å². The van der Waals surface area contributed by atoms with Crippen LogP contribution in [0.1, 0.15) is 53.6 Å². The second-order valence-electron chi connectivity index (χ2n) is 7.28. The highest BCUT2D eigenvalue weighted by molar-refractivity contribution is 9.10. The topological polar surface area (TPSA) is 52.6 Å². The maximum atomic E-state index is 12.7. The summed E-state index contributed by atoms with van der Waals surface area (Å²) in [6.07, 6.45) is 6.82. The lowest BCUT2D eigenvalue weighted by Crippen LogP contribution is -2.23. The molecule has 1 fully saturated rings. The van der Waals surface area contributed by atoms with Gasteiger partial charge in [0.15, 0.2) is 5.76 Å². The first-order chi connectivity index (χ1) is 13.5. The first-order valence-electron chi connectivity index (χ1n) is 9.58. The monoisotopic (exact) mass is 440 g/mol. The van der Waals surface area contributed by atoms with Crippen molar-refractivity contribution in [3.8, 4) is 11.5 Å². The van der Waals surface area contributed by atoms with E-state index in [1.54, 1.807) is 18.2 Å². The molecule has 5 heteroatoms. The predicted molar refractivity (Wildman–Crippen MR) is 110 cm³/mol. The van der Waals surface area contributed by atoms with Gasteiger partial charge in [0, 0.05) is 10.0 Å². The Bertz CT molecular complexity index is 971. The van der Waals surface area contributed by atoms with Gasteiger partial charge < -0.3 is 9.47 Å². The first kappa shape index (κ1) is 18.9. The molecule has 0 saturated heterocycles. The van der Waals surface area contributed by atoms with Crippen LogP contribution in [0, 0.1) is 12.8 Å². The van der Waals surface area contributed by atoms with Gasteiger partial charge in [-0.3, -0.25) is 9.59 Å². The van der Waals surface area contributed by atoms with Crippen molar-refractivity contribution in [2.24, 2.45) is 5.92 Å². The Labute approximate surface area is 172 Å². The fourth-order valence-electron chi connectivity index (χ4n) is 3.74. The van der Waals surface area contributed by atoms with Crippen molar-refractivity contribution in [3.05, 3.63) is 63.3 Å². The summed E-state index contributed by atoms with van der Waals surface area (Å²) in [6.45, 7) is 1.82. The number of hydrogen-bond donors (Lipinski definition) is 0. The average Bonchev–Trinajstić information content (AvgIpc) is 3.03. The molecule has 1 heterocycles. The van der Waals surface area contributed by atoms with Crippen LogP contribution >= 0.6 is 15.9 Å². The van der Waals surface area contributed by atoms with Crippen molar-refractivity contribution in [1.82, 2.24) is 0 Å². The molecule has 0 radical (unpaired) electrons. The van der Waals surface area contributed by atoms with Crippen LogP contribution in [-0.2, 0) is 4.79 Å². The third-order valence-corrected chi connectivity index (χ3v) is 6.10. The molecule has 1 saturated carbocycles. The average molecular weight is 441 g/mol. The minimum absolute atomic E-state index is 0.0326. The molecule has 0 unspecified atom stereocenters. The lowest BCUT2D eigenvalue weighted by molar-refractivity contribution is -0.140. The Hall–Kier alpha value is -2.40. The normalized spacial score (nSPS) is 18.1. The summed E-state index contributed by atoms with van der Waals surface area (Å²) >= 11 is 3.48. The van der Waals surface area contributed by atoms with E-state index in [1.807, 2.05) is 31.2 Å². The van der Waals surface area contributed by atoms with Gasteiger partial charge in [-0.25, -0.2) is 0 Å². The van der Waals surface area contributed by atoms with Gasteiger partial charge in [-0.05, 0) is 49.6 Å². The Morgan fingerprint density at radius 2 is 1.89 bits per heavy atom. The van der Waals surface area contributed by atoms with Crippen LogP contribution in [0.3, 0.4) is 0 Å². The van der Waals surface area contributed by atoms with Crippen molar-refractivity contribution >= 4 is 33.8 Å². The number of hydrogen-bond acceptors (Lipinski definition) is 4. The Morgan fingerprint density at radius 1 is 1.14 bits per heavy atom. The summed E-state index contributed by atoms with van der Waals surface area (Å²) in [5.74, 6) is 0.812. The molecule has 1 aliphatic carbocycles. The van der Waals surface area contributed by atoms with Crippen molar-refractivity contribution in [1.29, 1.82) is 0 Å². The van der Waals surface area contributed by atoms with Crippen molar-refractivity contribution < 1.29 is 19.1 Å². The van der Waals surface area contributed by atoms with Crippen molar-refractivity contribution in [2.45, 2.75) is 39.0 Å². The molecule has 0 aromatic heterocycles. The van der Waals surface area contributed by atoms with Crippen molar-refractivity contribution in [2.75, 3.05) is 0 Å². The molecule has 2 aliphatic rings. The standard InChI is InChI=1S/C23H21BrO4/c1-14-19(28-23(26)15-7-3-2-4-8-15)12-11-17-21(25)20(27-22(14)17)13-16-9-5-6-10-18(16)24/h5-6,9-13,15H,2-4,7-8H2,1H3/b20-13-. The number of esters is 1. The minimum Gasteiger partial charge on any atom is -0.452 e. The zero-order valence-electron chi connectivity index (χ0n) is 15.7. The summed E-state index contributed by atoms with van der Waals surface area (Å²) in [5, 5.41) is 0. The molecule has 0 spiro atoms. The van der Waals surface area contributed by atoms with Crippen LogP contribution in [0.4, 0.5) is 0 Å². The number of allylic oxidation sites excluding steroid dienone is 1. The molecule has 2 aromatic rings. The lowest BCUT2D eigenvalue weighted by Gasteiger charge is -2.20. The molecule has 28 heavy (non-hydrogen) atoms. The van der Waals surface area contributed by atoms with Crippen molar-refractivity contribution in [3.63, 3.8) is 0 Å². The molecular weight excluding hydrogens is 420 g/mol. The second-order valence-corrected chi connectivity index (χ2v) is 8.14. The Morgan fingerprint density at radius 3 is 2.64 bits per heavy atom. The van der Waals surface area contributed by atoms with E-state index < -0.39 is 0 Å². The highest BCUT2D eigenvalue weighted by Crippen LogP contribution is 2.40. The van der Waals surface area contributed by atoms with Crippen LogP contribution in [0.15, 0.2) is 46.6 Å². The quantitative estimate of drug-likeness (QED) is 0.340. The highest BCUT2D eigenvalue weighted by atomic mass is 79.9. The number of fused-ring (bicyclic) bond motifs is 1. The van der Waals surface area contributed by atoms with Gasteiger partial charge in [0.05, 0.1) is 11.5 Å². The molecule has 0 bridgehead atoms. The Kier molecular flexibility index (Phi) is 5.36. The van der Waals surface area contributed by atoms with Gasteiger partial charge in [-0.2, -0.15) is 0 Å². The zero-order valence-corrected chi connectivity index (χ0v) is 17.3. The first-order valence-corrected chi connectivity index (χ1v) is 10.4. The van der Waals surface area contributed by atoms with Gasteiger partial charge >= 0.3 is 5.97 Å². The van der Waals surface area contributed by atoms with Gasteiger partial charge in [-0.15, -0.1) is 0 Å². The SMILES string of the molecule is Cc1c(OC(=O)C2CCCCC2)ccc2c1O/C(=C\c1ccccc1Br)C2=O. The molecule has 0 amide bonds. The molecule has 144 valence electrons. The number of carbonyl (C=O) groups excluding carboxylic acids is 2. The third kappa shape index (κ3) is 3.63. The number of ether oxygens (including phenoxy) is 2. The van der Waals surface area contributed by atoms with E-state index in [9.17, 15) is 9.59 Å². The van der Waals surface area contributed by atoms with E-state index in [-0.39, 0.29) is 23.4 Å². The maximum Gasteiger partial charge on any atom is 0.314 e. The summed E-state index contributed by atoms with van der Waals surface area (Å²) in [6, 6.07) is 11.0. The predicted octanol–water partition coefficient (Wildman–Crippen LogP) is 5.86. The van der Waals surface area contributed by atoms with Crippen LogP contribution in [0.25, 0.3) is 6.08 Å². The van der Waals surface area contributed by atoms with E-state index in [2.05, 4.69) is 15.9 Å². The molecule has 1 aliphatic heterocycles. The van der Waals surface area contributed by atoms with Crippen LogP contribution < -0.4 is 9.47 Å². The van der Waals surface area contributed by atoms with Crippen LogP contribution in [0.2, 0.25) is 0 Å². The fraction of sp³-hybridized carbons (Fsp3) is 0.304. The summed E-state index contributed by atoms with van der Waals surface area (Å²) < 4.78 is 12.4. The van der Waals surface area contributed by atoms with E-state index in [1.165, 1.54) is 6.42 Å². The number of rotatable bonds is 3. The number of halogens is 1. The van der Waals surface area contributed by atoms with E-state index in [0.29, 0.717) is 22.6 Å². The number of ketones is 1. The van der Waals surface area contributed by atoms with E-state index in [4.69, 9.17) is 9.47 Å². The third-order valence-electron chi connectivity index (χ3n) is 5.38. The molecule has 4 nitrogen and oxygen atoms in total. The smallest absolute Gasteiger partial charge is 0.314 e. The Balaban J connectivity index is 1.58. The number of carbonyl (C=O) groups is 2. The summed E-state index contributed by atoms with van der Waals surface area (Å²) in [5.41, 5.74) is 2.03. The molecule has 4 rings (SSSR count). The zero-order chi connectivity index (χ0) is 19.7. The van der Waals surface area contributed by atoms with E-state index >= 15 is 0 Å². The minimum atomic E-state index is -0.184. The molecule has 0 atom stereocenters. The maximum absolute atomic E-state index is 12.7. The molecule has 0 N–H and O–H groups in total. The summed E-state index contributed by atoms with van der Waals surface area (Å²) in [4.78, 5) is 25.2. The summed E-state index contributed by atoms with van der Waals surface area (Å²) in [7, 11) is 0. The lowest BCUT2D eigenvalue weighted by atomic mass is 9.89. The van der Waals surface area contributed by atoms with Crippen LogP contribution in [-0.4, -0.2) is 11.8 Å². The number of Topliss-reactive ketones (excluding diaryl/α,β-unsaturated/α-hetero) is 1. The van der Waals surface area contributed by atoms with Gasteiger partial charge in [-0.1, -0.05) is 53.4 Å². The number of benzene rings is 2. The van der Waals surface area contributed by atoms with Crippen LogP contribution in [0.5, 0.6) is 11.5 Å². The fourth-order valence-corrected chi connectivity index (χ4v) is 4.14. The van der Waals surface area contributed by atoms with Gasteiger partial charge in [0.2, 0.25) is 5.78 Å². The largest absolute Gasteiger partial charge is 0.452 e. The molecule has 2 aromatic carbocycles. The van der Waals surface area contributed by atoms with Gasteiger partial charge in [0.25, 0.3) is 0 Å². The van der Waals surface area contributed by atoms with Gasteiger partial charge in [0.1, 0.15) is 11.5 Å².